The first-order valence-electron chi connectivity index (χ1n) is 6.75. The van der Waals surface area contributed by atoms with Crippen molar-refractivity contribution in [1.29, 1.82) is 0 Å². The molecule has 0 aliphatic heterocycles. The largest absolute Gasteiger partial charge is 0.338 e. The molecule has 2 aromatic rings. The van der Waals surface area contributed by atoms with Crippen molar-refractivity contribution in [2.75, 3.05) is 7.05 Å². The van der Waals surface area contributed by atoms with Gasteiger partial charge in [0, 0.05) is 32.3 Å². The van der Waals surface area contributed by atoms with Gasteiger partial charge < -0.3 is 4.90 Å². The van der Waals surface area contributed by atoms with E-state index in [2.05, 4.69) is 5.10 Å². The van der Waals surface area contributed by atoms with Crippen molar-refractivity contribution in [2.24, 2.45) is 7.05 Å². The molecule has 2 rings (SSSR count). The van der Waals surface area contributed by atoms with Crippen LogP contribution in [0.1, 0.15) is 16.8 Å². The number of rotatable bonds is 4. The van der Waals surface area contributed by atoms with E-state index in [9.17, 15) is 9.18 Å². The molecule has 0 radical (unpaired) electrons. The highest BCUT2D eigenvalue weighted by Crippen LogP contribution is 2.20. The fraction of sp³-hybridized carbons (Fsp3) is 0.250. The molecule has 0 N–H and O–H groups in total. The predicted molar refractivity (Wildman–Crippen MR) is 84.9 cm³/mol. The first-order valence-corrected chi connectivity index (χ1v) is 7.13. The van der Waals surface area contributed by atoms with Crippen molar-refractivity contribution >= 4 is 23.6 Å². The number of hydrogen-bond donors (Lipinski definition) is 0. The van der Waals surface area contributed by atoms with Crippen LogP contribution < -0.4 is 0 Å². The molecule has 1 amide bonds. The Bertz CT molecular complexity index is 707. The molecule has 0 aliphatic rings. The number of halogens is 2. The molecule has 6 heteroatoms. The van der Waals surface area contributed by atoms with Gasteiger partial charge in [-0.2, -0.15) is 5.10 Å². The Morgan fingerprint density at radius 2 is 2.05 bits per heavy atom. The normalized spacial score (nSPS) is 11.1. The Hall–Kier alpha value is -2.14. The molecule has 0 aliphatic carbocycles. The standard InChI is InChI=1S/C16H17ClFN3O/c1-11-14(16(17)21(3)19-11)8-9-15(22)20(2)10-12-4-6-13(18)7-5-12/h4-9H,10H2,1-3H3/b9-8+. The number of hydrogen-bond acceptors (Lipinski definition) is 2. The SMILES string of the molecule is Cc1nn(C)c(Cl)c1/C=C/C(=O)N(C)Cc1ccc(F)cc1. The number of carbonyl (C=O) groups is 1. The van der Waals surface area contributed by atoms with E-state index in [1.54, 1.807) is 41.9 Å². The van der Waals surface area contributed by atoms with Crippen LogP contribution in [0, 0.1) is 12.7 Å². The highest BCUT2D eigenvalue weighted by Gasteiger charge is 2.10. The van der Waals surface area contributed by atoms with Crippen molar-refractivity contribution in [1.82, 2.24) is 14.7 Å². The molecule has 0 saturated heterocycles. The van der Waals surface area contributed by atoms with Crippen LogP contribution in [0.5, 0.6) is 0 Å². The monoisotopic (exact) mass is 321 g/mol. The second-order valence-corrected chi connectivity index (χ2v) is 5.43. The molecule has 0 saturated carbocycles. The highest BCUT2D eigenvalue weighted by molar-refractivity contribution is 6.31. The number of nitrogens with zero attached hydrogens (tertiary/aromatic N) is 3. The van der Waals surface area contributed by atoms with Crippen LogP contribution in [-0.4, -0.2) is 27.6 Å². The Kier molecular flexibility index (Phi) is 4.98. The van der Waals surface area contributed by atoms with Crippen molar-refractivity contribution in [2.45, 2.75) is 13.5 Å². The van der Waals surface area contributed by atoms with E-state index in [0.29, 0.717) is 11.7 Å². The number of aryl methyl sites for hydroxylation is 2. The maximum Gasteiger partial charge on any atom is 0.246 e. The summed E-state index contributed by atoms with van der Waals surface area (Å²) in [4.78, 5) is 13.7. The van der Waals surface area contributed by atoms with Crippen LogP contribution in [0.15, 0.2) is 30.3 Å². The molecule has 0 fully saturated rings. The molecule has 0 unspecified atom stereocenters. The topological polar surface area (TPSA) is 38.1 Å². The minimum Gasteiger partial charge on any atom is -0.338 e. The summed E-state index contributed by atoms with van der Waals surface area (Å²) >= 11 is 6.11. The molecule has 0 bridgehead atoms. The van der Waals surface area contributed by atoms with Crippen molar-refractivity contribution in [3.63, 3.8) is 0 Å². The van der Waals surface area contributed by atoms with Gasteiger partial charge in [-0.1, -0.05) is 23.7 Å². The number of aromatic nitrogens is 2. The van der Waals surface area contributed by atoms with Gasteiger partial charge in [-0.15, -0.1) is 0 Å². The molecule has 0 atom stereocenters. The van der Waals surface area contributed by atoms with Gasteiger partial charge in [0.15, 0.2) is 0 Å². The Morgan fingerprint density at radius 1 is 1.41 bits per heavy atom. The van der Waals surface area contributed by atoms with Gasteiger partial charge in [0.05, 0.1) is 5.69 Å². The Labute approximate surface area is 133 Å². The molecule has 22 heavy (non-hydrogen) atoms. The van der Waals surface area contributed by atoms with Gasteiger partial charge in [-0.25, -0.2) is 4.39 Å². The van der Waals surface area contributed by atoms with Crippen LogP contribution in [0.25, 0.3) is 6.08 Å². The van der Waals surface area contributed by atoms with Crippen molar-refractivity contribution < 1.29 is 9.18 Å². The molecular formula is C16H17ClFN3O. The summed E-state index contributed by atoms with van der Waals surface area (Å²) in [6.45, 7) is 2.24. The summed E-state index contributed by atoms with van der Waals surface area (Å²) in [6.07, 6.45) is 3.12. The van der Waals surface area contributed by atoms with Gasteiger partial charge in [0.2, 0.25) is 5.91 Å². The third-order valence-electron chi connectivity index (χ3n) is 3.30. The second-order valence-electron chi connectivity index (χ2n) is 5.07. The maximum absolute atomic E-state index is 12.9. The highest BCUT2D eigenvalue weighted by atomic mass is 35.5. The minimum atomic E-state index is -0.292. The summed E-state index contributed by atoms with van der Waals surface area (Å²) in [6, 6.07) is 6.07. The summed E-state index contributed by atoms with van der Waals surface area (Å²) in [5.74, 6) is -0.456. The first-order chi connectivity index (χ1) is 10.4. The zero-order chi connectivity index (χ0) is 16.3. The van der Waals surface area contributed by atoms with Crippen LogP contribution in [0.3, 0.4) is 0 Å². The van der Waals surface area contributed by atoms with E-state index in [-0.39, 0.29) is 11.7 Å². The van der Waals surface area contributed by atoms with Crippen LogP contribution in [0.4, 0.5) is 4.39 Å². The third kappa shape index (κ3) is 3.74. The number of likely N-dealkylation sites (N-methyl/N-ethyl adjacent to an activating group) is 1. The molecule has 116 valence electrons. The lowest BCUT2D eigenvalue weighted by Gasteiger charge is -2.15. The van der Waals surface area contributed by atoms with E-state index in [1.807, 2.05) is 6.92 Å². The van der Waals surface area contributed by atoms with E-state index in [0.717, 1.165) is 16.8 Å². The van der Waals surface area contributed by atoms with Gasteiger partial charge in [-0.3, -0.25) is 9.48 Å². The van der Waals surface area contributed by atoms with Gasteiger partial charge in [-0.05, 0) is 30.7 Å². The van der Waals surface area contributed by atoms with E-state index >= 15 is 0 Å². The molecule has 1 heterocycles. The fourth-order valence-corrected chi connectivity index (χ4v) is 2.30. The lowest BCUT2D eigenvalue weighted by Crippen LogP contribution is -2.24. The maximum atomic E-state index is 12.9. The average molecular weight is 322 g/mol. The summed E-state index contributed by atoms with van der Waals surface area (Å²) in [7, 11) is 3.43. The smallest absolute Gasteiger partial charge is 0.246 e. The van der Waals surface area contributed by atoms with Gasteiger partial charge in [0.1, 0.15) is 11.0 Å². The fourth-order valence-electron chi connectivity index (χ4n) is 2.06. The molecule has 0 spiro atoms. The number of amides is 1. The van der Waals surface area contributed by atoms with Crippen molar-refractivity contribution in [3.8, 4) is 0 Å². The first kappa shape index (κ1) is 16.2. The zero-order valence-corrected chi connectivity index (χ0v) is 13.4. The third-order valence-corrected chi connectivity index (χ3v) is 3.75. The van der Waals surface area contributed by atoms with Gasteiger partial charge >= 0.3 is 0 Å². The molecular weight excluding hydrogens is 305 g/mol. The summed E-state index contributed by atoms with van der Waals surface area (Å²) in [5.41, 5.74) is 2.35. The Balaban J connectivity index is 2.04. The van der Waals surface area contributed by atoms with Crippen LogP contribution in [-0.2, 0) is 18.4 Å². The molecule has 1 aromatic carbocycles. The lowest BCUT2D eigenvalue weighted by molar-refractivity contribution is -0.125. The predicted octanol–water partition coefficient (Wildman–Crippen LogP) is 3.19. The van der Waals surface area contributed by atoms with Crippen LogP contribution in [0.2, 0.25) is 5.15 Å². The minimum absolute atomic E-state index is 0.163. The second kappa shape index (κ2) is 6.75. The quantitative estimate of drug-likeness (QED) is 0.811. The summed E-state index contributed by atoms with van der Waals surface area (Å²) < 4.78 is 14.4. The van der Waals surface area contributed by atoms with Gasteiger partial charge in [0.25, 0.3) is 0 Å². The Morgan fingerprint density at radius 3 is 2.59 bits per heavy atom. The number of benzene rings is 1. The van der Waals surface area contributed by atoms with E-state index < -0.39 is 0 Å². The summed E-state index contributed by atoms with van der Waals surface area (Å²) in [5, 5.41) is 4.67. The van der Waals surface area contributed by atoms with Crippen LogP contribution >= 0.6 is 11.6 Å². The van der Waals surface area contributed by atoms with E-state index in [4.69, 9.17) is 11.6 Å². The molecule has 1 aromatic heterocycles. The zero-order valence-electron chi connectivity index (χ0n) is 12.7. The molecule has 4 nitrogen and oxygen atoms in total. The van der Waals surface area contributed by atoms with Crippen molar-refractivity contribution in [3.05, 3.63) is 58.1 Å². The average Bonchev–Trinajstić information content (AvgIpc) is 2.72. The lowest BCUT2D eigenvalue weighted by atomic mass is 10.2. The number of carbonyl (C=O) groups excluding carboxylic acids is 1. The van der Waals surface area contributed by atoms with E-state index in [1.165, 1.54) is 18.2 Å².